The first-order chi connectivity index (χ1) is 17.9. The number of ether oxygens (including phenoxy) is 1. The van der Waals surface area contributed by atoms with Crippen LogP contribution in [-0.2, 0) is 11.3 Å². The number of hydrogen-bond acceptors (Lipinski definition) is 5. The highest BCUT2D eigenvalue weighted by Gasteiger charge is 2.44. The number of thioether (sulfide) groups is 1. The molecular weight excluding hydrogens is 516 g/mol. The second-order valence-electron chi connectivity index (χ2n) is 9.51. The Labute approximate surface area is 224 Å². The summed E-state index contributed by atoms with van der Waals surface area (Å²) in [6.45, 7) is 0.281. The van der Waals surface area contributed by atoms with E-state index in [9.17, 15) is 13.6 Å². The van der Waals surface area contributed by atoms with Gasteiger partial charge in [0.1, 0.15) is 22.6 Å². The molecule has 1 saturated carbocycles. The van der Waals surface area contributed by atoms with Crippen molar-refractivity contribution in [2.75, 3.05) is 7.11 Å². The Kier molecular flexibility index (Phi) is 7.70. The molecule has 2 N–H and O–H groups in total. The monoisotopic (exact) mass is 543 g/mol. The lowest BCUT2D eigenvalue weighted by atomic mass is 9.90. The molecule has 5 rings (SSSR count). The summed E-state index contributed by atoms with van der Waals surface area (Å²) in [5.41, 5.74) is 9.02. The van der Waals surface area contributed by atoms with Crippen molar-refractivity contribution in [1.29, 1.82) is 0 Å². The Morgan fingerprint density at radius 2 is 1.78 bits per heavy atom. The van der Waals surface area contributed by atoms with Gasteiger partial charge in [-0.05, 0) is 73.2 Å². The normalized spacial score (nSPS) is 22.9. The van der Waals surface area contributed by atoms with Crippen LogP contribution in [0.5, 0.6) is 5.75 Å². The van der Waals surface area contributed by atoms with Gasteiger partial charge in [0.15, 0.2) is 0 Å². The molecule has 1 aliphatic carbocycles. The van der Waals surface area contributed by atoms with E-state index in [4.69, 9.17) is 22.1 Å². The molecule has 1 aliphatic heterocycles. The van der Waals surface area contributed by atoms with E-state index < -0.39 is 22.3 Å². The van der Waals surface area contributed by atoms with Crippen LogP contribution in [0.1, 0.15) is 42.2 Å². The minimum atomic E-state index is -0.971. The van der Waals surface area contributed by atoms with Gasteiger partial charge in [-0.15, -0.1) is 23.4 Å². The molecule has 3 aromatic rings. The second-order valence-corrected chi connectivity index (χ2v) is 11.1. The number of hydrogen-bond donors (Lipinski definition) is 1. The molecule has 0 spiro atoms. The molecule has 194 valence electrons. The van der Waals surface area contributed by atoms with E-state index in [-0.39, 0.29) is 35.0 Å². The average molecular weight is 544 g/mol. The van der Waals surface area contributed by atoms with E-state index in [1.54, 1.807) is 19.5 Å². The summed E-state index contributed by atoms with van der Waals surface area (Å²) in [4.78, 5) is 20.1. The fourth-order valence-electron chi connectivity index (χ4n) is 5.21. The Bertz CT molecular complexity index is 1290. The van der Waals surface area contributed by atoms with Crippen LogP contribution in [-0.4, -0.2) is 40.2 Å². The molecule has 0 bridgehead atoms. The molecule has 37 heavy (non-hydrogen) atoms. The SMILES string of the molecule is COc1ccc(-c2ccncc2)cc1CN(C(=O)C1Sc2c(F)ccc(F)c2C1Cl)C1CCC(N)CC1. The molecule has 5 nitrogen and oxygen atoms in total. The number of nitrogens with zero attached hydrogens (tertiary/aromatic N) is 2. The number of halogens is 3. The van der Waals surface area contributed by atoms with Crippen molar-refractivity contribution in [2.45, 2.75) is 59.8 Å². The number of amides is 1. The summed E-state index contributed by atoms with van der Waals surface area (Å²) in [6, 6.07) is 11.9. The zero-order valence-electron chi connectivity index (χ0n) is 20.4. The van der Waals surface area contributed by atoms with Crippen molar-refractivity contribution in [2.24, 2.45) is 5.73 Å². The maximum absolute atomic E-state index is 14.6. The summed E-state index contributed by atoms with van der Waals surface area (Å²) in [5, 5.41) is -1.81. The van der Waals surface area contributed by atoms with Crippen LogP contribution in [0.2, 0.25) is 0 Å². The number of carbonyl (C=O) groups is 1. The molecule has 2 heterocycles. The van der Waals surface area contributed by atoms with Gasteiger partial charge in [0.25, 0.3) is 0 Å². The Morgan fingerprint density at radius 1 is 1.08 bits per heavy atom. The molecule has 0 radical (unpaired) electrons. The second kappa shape index (κ2) is 11.0. The third-order valence-electron chi connectivity index (χ3n) is 7.22. The number of alkyl halides is 1. The lowest BCUT2D eigenvalue weighted by molar-refractivity contribution is -0.134. The van der Waals surface area contributed by atoms with Crippen LogP contribution >= 0.6 is 23.4 Å². The topological polar surface area (TPSA) is 68.5 Å². The van der Waals surface area contributed by atoms with E-state index in [0.717, 1.165) is 66.3 Å². The highest BCUT2D eigenvalue weighted by atomic mass is 35.5. The first kappa shape index (κ1) is 25.9. The van der Waals surface area contributed by atoms with Crippen molar-refractivity contribution >= 4 is 29.3 Å². The summed E-state index contributed by atoms with van der Waals surface area (Å²) < 4.78 is 34.8. The summed E-state index contributed by atoms with van der Waals surface area (Å²) >= 11 is 7.63. The quantitative estimate of drug-likeness (QED) is 0.381. The lowest BCUT2D eigenvalue weighted by Gasteiger charge is -2.38. The third kappa shape index (κ3) is 5.19. The number of rotatable bonds is 6. The van der Waals surface area contributed by atoms with Gasteiger partial charge in [0.05, 0.1) is 17.4 Å². The van der Waals surface area contributed by atoms with Crippen LogP contribution < -0.4 is 10.5 Å². The minimum Gasteiger partial charge on any atom is -0.496 e. The predicted octanol–water partition coefficient (Wildman–Crippen LogP) is 6.09. The van der Waals surface area contributed by atoms with Gasteiger partial charge in [0.2, 0.25) is 5.91 Å². The van der Waals surface area contributed by atoms with Gasteiger partial charge in [-0.1, -0.05) is 6.07 Å². The number of carbonyl (C=O) groups excluding carboxylic acids is 1. The molecule has 1 aromatic heterocycles. The number of pyridine rings is 1. The maximum Gasteiger partial charge on any atom is 0.238 e. The minimum absolute atomic E-state index is 0.0629. The van der Waals surface area contributed by atoms with Gasteiger partial charge >= 0.3 is 0 Å². The predicted molar refractivity (Wildman–Crippen MR) is 142 cm³/mol. The number of methoxy groups -OCH3 is 1. The van der Waals surface area contributed by atoms with Crippen molar-refractivity contribution < 1.29 is 18.3 Å². The van der Waals surface area contributed by atoms with E-state index in [1.807, 2.05) is 35.2 Å². The van der Waals surface area contributed by atoms with E-state index in [1.165, 1.54) is 0 Å². The van der Waals surface area contributed by atoms with Gasteiger partial charge in [0, 0.05) is 42.1 Å². The first-order valence-electron chi connectivity index (χ1n) is 12.3. The van der Waals surface area contributed by atoms with Crippen LogP contribution in [0.4, 0.5) is 8.78 Å². The zero-order valence-corrected chi connectivity index (χ0v) is 21.9. The largest absolute Gasteiger partial charge is 0.496 e. The molecule has 0 saturated heterocycles. The molecular formula is C28H28ClF2N3O2S. The standard InChI is InChI=1S/C28H28ClF2N3O2S/c1-36-23-9-2-17(16-10-12-33-13-11-16)14-18(23)15-34(20-5-3-19(32)4-6-20)28(35)27-25(29)24-21(30)7-8-22(31)26(24)37-27/h2,7-14,19-20,25,27H,3-6,15,32H2,1H3. The van der Waals surface area contributed by atoms with E-state index >= 15 is 0 Å². The van der Waals surface area contributed by atoms with Crippen LogP contribution in [0.15, 0.2) is 59.8 Å². The fraction of sp³-hybridized carbons (Fsp3) is 0.357. The Morgan fingerprint density at radius 3 is 2.46 bits per heavy atom. The molecule has 2 aromatic carbocycles. The number of fused-ring (bicyclic) bond motifs is 1. The van der Waals surface area contributed by atoms with Gasteiger partial charge in [-0.2, -0.15) is 0 Å². The first-order valence-corrected chi connectivity index (χ1v) is 13.6. The number of benzene rings is 2. The molecule has 9 heteroatoms. The van der Waals surface area contributed by atoms with Crippen molar-refractivity contribution in [3.8, 4) is 16.9 Å². The van der Waals surface area contributed by atoms with Crippen LogP contribution in [0, 0.1) is 11.6 Å². The Balaban J connectivity index is 1.49. The summed E-state index contributed by atoms with van der Waals surface area (Å²) in [7, 11) is 1.60. The van der Waals surface area contributed by atoms with Crippen LogP contribution in [0.25, 0.3) is 11.1 Å². The summed E-state index contributed by atoms with van der Waals surface area (Å²) in [6.07, 6.45) is 6.56. The molecule has 2 unspecified atom stereocenters. The van der Waals surface area contributed by atoms with Gasteiger partial charge in [-0.25, -0.2) is 8.78 Å². The third-order valence-corrected chi connectivity index (χ3v) is 9.22. The lowest BCUT2D eigenvalue weighted by Crippen LogP contribution is -2.47. The van der Waals surface area contributed by atoms with E-state index in [2.05, 4.69) is 4.98 Å². The maximum atomic E-state index is 14.6. The molecule has 2 atom stereocenters. The number of aromatic nitrogens is 1. The summed E-state index contributed by atoms with van der Waals surface area (Å²) in [5.74, 6) is -0.743. The van der Waals surface area contributed by atoms with Gasteiger partial charge in [-0.3, -0.25) is 9.78 Å². The highest BCUT2D eigenvalue weighted by Crippen LogP contribution is 2.51. The van der Waals surface area contributed by atoms with Crippen molar-refractivity contribution in [1.82, 2.24) is 9.88 Å². The average Bonchev–Trinajstić information content (AvgIpc) is 3.28. The number of nitrogens with two attached hydrogens (primary N) is 1. The molecule has 1 fully saturated rings. The van der Waals surface area contributed by atoms with Crippen molar-refractivity contribution in [3.63, 3.8) is 0 Å². The molecule has 1 amide bonds. The highest BCUT2D eigenvalue weighted by molar-refractivity contribution is 8.01. The molecule has 2 aliphatic rings. The van der Waals surface area contributed by atoms with Gasteiger partial charge < -0.3 is 15.4 Å². The van der Waals surface area contributed by atoms with Crippen LogP contribution in [0.3, 0.4) is 0 Å². The fourth-order valence-corrected chi connectivity index (χ4v) is 7.03. The smallest absolute Gasteiger partial charge is 0.238 e. The van der Waals surface area contributed by atoms with E-state index in [0.29, 0.717) is 5.75 Å². The van der Waals surface area contributed by atoms with Crippen molar-refractivity contribution in [3.05, 3.63) is 77.6 Å². The zero-order chi connectivity index (χ0) is 26.1. The Hall–Kier alpha value is -2.68.